The maximum absolute atomic E-state index is 15.3. The Morgan fingerprint density at radius 1 is 0.545 bits per heavy atom. The fraction of sp³-hybridized carbons (Fsp3) is 0.917. The van der Waals surface area contributed by atoms with Crippen LogP contribution in [0.4, 0.5) is 4.39 Å². The molecular formula is C36H69FN2O5. The van der Waals surface area contributed by atoms with Gasteiger partial charge in [0.05, 0.1) is 0 Å². The molecule has 1 unspecified atom stereocenters. The Labute approximate surface area is 269 Å². The Hall–Kier alpha value is -1.70. The molecule has 0 aliphatic carbocycles. The average molecular weight is 629 g/mol. The molecule has 0 aliphatic heterocycles. The molecule has 0 saturated heterocycles. The van der Waals surface area contributed by atoms with Crippen molar-refractivity contribution in [2.75, 3.05) is 27.2 Å². The summed E-state index contributed by atoms with van der Waals surface area (Å²) in [5.74, 6) is -1.79. The number of unbranched alkanes of at least 4 members (excludes halogenated alkanes) is 17. The Kier molecular flexibility index (Phi) is 28.8. The number of aliphatic carboxylic acids is 2. The van der Waals surface area contributed by atoms with Gasteiger partial charge in [0.15, 0.2) is 6.17 Å². The molecule has 0 saturated carbocycles. The number of carbonyl (C=O) groups is 3. The van der Waals surface area contributed by atoms with E-state index in [-0.39, 0.29) is 31.2 Å². The molecule has 0 aromatic carbocycles. The summed E-state index contributed by atoms with van der Waals surface area (Å²) in [6, 6.07) is 0.0539. The SMILES string of the molecule is CCCCCCCCCCN(C(=O)C(F)CCCN(C)C)C(CCCCCCCCC(=O)O)CCCCCCCCC(=O)O. The van der Waals surface area contributed by atoms with Crippen molar-refractivity contribution in [1.82, 2.24) is 9.80 Å². The van der Waals surface area contributed by atoms with Crippen LogP contribution in [0.1, 0.15) is 174 Å². The van der Waals surface area contributed by atoms with Crippen molar-refractivity contribution in [1.29, 1.82) is 0 Å². The van der Waals surface area contributed by atoms with E-state index >= 15 is 4.39 Å². The lowest BCUT2D eigenvalue weighted by Crippen LogP contribution is -2.45. The standard InChI is InChI=1S/C36H69FN2O5/c1-4-5-6-7-8-13-18-23-31-39(36(44)33(37)27-24-30-38(2)3)32(25-19-14-9-11-16-21-28-34(40)41)26-20-15-10-12-17-22-29-35(42)43/h32-33H,4-31H2,1-3H3,(H,40,41)(H,42,43). The predicted molar refractivity (Wildman–Crippen MR) is 180 cm³/mol. The topological polar surface area (TPSA) is 98.2 Å². The van der Waals surface area contributed by atoms with Crippen molar-refractivity contribution in [2.45, 2.75) is 186 Å². The van der Waals surface area contributed by atoms with Crippen LogP contribution in [0.2, 0.25) is 0 Å². The number of nitrogens with zero attached hydrogens (tertiary/aromatic N) is 2. The Morgan fingerprint density at radius 3 is 1.39 bits per heavy atom. The van der Waals surface area contributed by atoms with Crippen molar-refractivity contribution in [3.63, 3.8) is 0 Å². The second-order valence-electron chi connectivity index (χ2n) is 13.2. The molecule has 1 amide bonds. The summed E-state index contributed by atoms with van der Waals surface area (Å²) in [6.45, 7) is 3.64. The Bertz CT molecular complexity index is 676. The molecule has 0 aliphatic rings. The minimum absolute atomic E-state index is 0.0539. The molecular weight excluding hydrogens is 559 g/mol. The number of hydrogen-bond acceptors (Lipinski definition) is 4. The highest BCUT2D eigenvalue weighted by Gasteiger charge is 2.29. The van der Waals surface area contributed by atoms with Crippen LogP contribution in [0.15, 0.2) is 0 Å². The highest BCUT2D eigenvalue weighted by Crippen LogP contribution is 2.23. The van der Waals surface area contributed by atoms with Crippen LogP contribution in [-0.2, 0) is 14.4 Å². The second-order valence-corrected chi connectivity index (χ2v) is 13.2. The first-order chi connectivity index (χ1) is 21.2. The number of carboxylic acid groups (broad SMARTS) is 2. The summed E-state index contributed by atoms with van der Waals surface area (Å²) in [6.07, 6.45) is 22.8. The Balaban J connectivity index is 5.14. The number of hydrogen-bond donors (Lipinski definition) is 2. The monoisotopic (exact) mass is 629 g/mol. The zero-order valence-electron chi connectivity index (χ0n) is 28.8. The number of alkyl halides is 1. The second kappa shape index (κ2) is 30.0. The summed E-state index contributed by atoms with van der Waals surface area (Å²) in [4.78, 5) is 39.0. The van der Waals surface area contributed by atoms with Gasteiger partial charge in [-0.2, -0.15) is 0 Å². The van der Waals surface area contributed by atoms with Crippen molar-refractivity contribution in [3.05, 3.63) is 0 Å². The van der Waals surface area contributed by atoms with E-state index in [1.54, 1.807) is 0 Å². The van der Waals surface area contributed by atoms with Crippen LogP contribution in [0, 0.1) is 0 Å². The molecule has 1 atom stereocenters. The van der Waals surface area contributed by atoms with Crippen LogP contribution in [0.5, 0.6) is 0 Å². The van der Waals surface area contributed by atoms with E-state index in [4.69, 9.17) is 10.2 Å². The highest BCUT2D eigenvalue weighted by atomic mass is 19.1. The van der Waals surface area contributed by atoms with Crippen LogP contribution in [0.25, 0.3) is 0 Å². The van der Waals surface area contributed by atoms with Gasteiger partial charge in [-0.15, -0.1) is 0 Å². The summed E-state index contributed by atoms with van der Waals surface area (Å²) < 4.78 is 15.3. The molecule has 0 heterocycles. The summed E-state index contributed by atoms with van der Waals surface area (Å²) in [5.41, 5.74) is 0. The fourth-order valence-electron chi connectivity index (χ4n) is 5.96. The normalized spacial score (nSPS) is 12.2. The molecule has 7 nitrogen and oxygen atoms in total. The van der Waals surface area contributed by atoms with E-state index in [9.17, 15) is 14.4 Å². The largest absolute Gasteiger partial charge is 0.481 e. The number of carboxylic acids is 2. The average Bonchev–Trinajstić information content (AvgIpc) is 2.97. The first kappa shape index (κ1) is 42.3. The van der Waals surface area contributed by atoms with Gasteiger partial charge in [-0.3, -0.25) is 14.4 Å². The molecule has 2 N–H and O–H groups in total. The van der Waals surface area contributed by atoms with Gasteiger partial charge in [0.25, 0.3) is 5.91 Å². The van der Waals surface area contributed by atoms with Gasteiger partial charge in [-0.1, -0.05) is 116 Å². The molecule has 260 valence electrons. The van der Waals surface area contributed by atoms with Crippen LogP contribution in [0.3, 0.4) is 0 Å². The lowest BCUT2D eigenvalue weighted by Gasteiger charge is -2.33. The summed E-state index contributed by atoms with van der Waals surface area (Å²) in [5, 5.41) is 17.7. The molecule has 0 radical (unpaired) electrons. The third kappa shape index (κ3) is 26.7. The number of amides is 1. The molecule has 0 aromatic heterocycles. The van der Waals surface area contributed by atoms with E-state index in [0.29, 0.717) is 13.0 Å². The number of carbonyl (C=O) groups excluding carboxylic acids is 1. The van der Waals surface area contributed by atoms with Crippen molar-refractivity contribution < 1.29 is 29.0 Å². The van der Waals surface area contributed by atoms with Gasteiger partial charge < -0.3 is 20.0 Å². The summed E-state index contributed by atoms with van der Waals surface area (Å²) in [7, 11) is 3.94. The zero-order valence-corrected chi connectivity index (χ0v) is 28.8. The quantitative estimate of drug-likeness (QED) is 0.0703. The zero-order chi connectivity index (χ0) is 32.8. The lowest BCUT2D eigenvalue weighted by atomic mass is 9.97. The van der Waals surface area contributed by atoms with E-state index in [1.807, 2.05) is 23.9 Å². The first-order valence-corrected chi connectivity index (χ1v) is 18.2. The molecule has 0 bridgehead atoms. The predicted octanol–water partition coefficient (Wildman–Crippen LogP) is 9.42. The van der Waals surface area contributed by atoms with Gasteiger partial charge in [0.2, 0.25) is 0 Å². The highest BCUT2D eigenvalue weighted by molar-refractivity contribution is 5.81. The van der Waals surface area contributed by atoms with Gasteiger partial charge in [-0.25, -0.2) is 4.39 Å². The molecule has 0 rings (SSSR count). The van der Waals surface area contributed by atoms with Gasteiger partial charge in [0, 0.05) is 25.4 Å². The van der Waals surface area contributed by atoms with E-state index < -0.39 is 18.1 Å². The third-order valence-corrected chi connectivity index (χ3v) is 8.66. The van der Waals surface area contributed by atoms with Gasteiger partial charge in [-0.05, 0) is 65.6 Å². The molecule has 8 heteroatoms. The smallest absolute Gasteiger partial charge is 0.303 e. The first-order valence-electron chi connectivity index (χ1n) is 18.2. The molecule has 0 aromatic rings. The fourth-order valence-corrected chi connectivity index (χ4v) is 5.96. The molecule has 0 fully saturated rings. The van der Waals surface area contributed by atoms with Crippen LogP contribution >= 0.6 is 0 Å². The maximum Gasteiger partial charge on any atom is 0.303 e. The van der Waals surface area contributed by atoms with E-state index in [0.717, 1.165) is 109 Å². The van der Waals surface area contributed by atoms with Crippen molar-refractivity contribution >= 4 is 17.8 Å². The minimum Gasteiger partial charge on any atom is -0.481 e. The molecule has 0 spiro atoms. The minimum atomic E-state index is -1.45. The number of rotatable bonds is 33. The summed E-state index contributed by atoms with van der Waals surface area (Å²) >= 11 is 0. The lowest BCUT2D eigenvalue weighted by molar-refractivity contribution is -0.140. The Morgan fingerprint density at radius 2 is 0.955 bits per heavy atom. The van der Waals surface area contributed by atoms with Crippen LogP contribution < -0.4 is 0 Å². The van der Waals surface area contributed by atoms with Gasteiger partial charge in [0.1, 0.15) is 0 Å². The number of halogens is 1. The maximum atomic E-state index is 15.3. The molecule has 44 heavy (non-hydrogen) atoms. The van der Waals surface area contributed by atoms with Crippen molar-refractivity contribution in [2.24, 2.45) is 0 Å². The van der Waals surface area contributed by atoms with E-state index in [1.165, 1.54) is 38.5 Å². The third-order valence-electron chi connectivity index (χ3n) is 8.66. The van der Waals surface area contributed by atoms with Crippen LogP contribution in [-0.4, -0.2) is 77.3 Å². The van der Waals surface area contributed by atoms with Crippen molar-refractivity contribution in [3.8, 4) is 0 Å². The van der Waals surface area contributed by atoms with Gasteiger partial charge >= 0.3 is 11.9 Å². The van der Waals surface area contributed by atoms with E-state index in [2.05, 4.69) is 6.92 Å².